The van der Waals surface area contributed by atoms with E-state index in [9.17, 15) is 14.7 Å². The molecule has 0 amide bonds. The van der Waals surface area contributed by atoms with E-state index in [1.807, 2.05) is 0 Å². The van der Waals surface area contributed by atoms with Gasteiger partial charge >= 0.3 is 0 Å². The molecule has 0 atom stereocenters. The van der Waals surface area contributed by atoms with Crippen molar-refractivity contribution in [2.24, 2.45) is 7.05 Å². The van der Waals surface area contributed by atoms with Crippen LogP contribution in [0.15, 0.2) is 29.1 Å². The molecule has 0 aliphatic carbocycles. The number of benzene rings is 1. The lowest BCUT2D eigenvalue weighted by atomic mass is 10.1. The third kappa shape index (κ3) is 1.62. The maximum absolute atomic E-state index is 12.0. The number of carbonyl (C=O) groups excluding carboxylic acids is 1. The van der Waals surface area contributed by atoms with Gasteiger partial charge in [-0.15, -0.1) is 0 Å². The summed E-state index contributed by atoms with van der Waals surface area (Å²) in [5.41, 5.74) is 0.0457. The largest absolute Gasteiger partial charge is 0.506 e. The molecule has 1 aromatic carbocycles. The van der Waals surface area contributed by atoms with Crippen LogP contribution >= 0.6 is 0 Å². The molecule has 2 aromatic rings. The molecule has 0 unspecified atom stereocenters. The number of ketones is 1. The summed E-state index contributed by atoms with van der Waals surface area (Å²) in [4.78, 5) is 23.7. The summed E-state index contributed by atoms with van der Waals surface area (Å²) in [5.74, 6) is -0.551. The van der Waals surface area contributed by atoms with E-state index >= 15 is 0 Å². The number of aromatic hydroxyl groups is 1. The lowest BCUT2D eigenvalue weighted by Crippen LogP contribution is -2.24. The van der Waals surface area contributed by atoms with Crippen molar-refractivity contribution < 1.29 is 9.90 Å². The minimum absolute atomic E-state index is 0.117. The summed E-state index contributed by atoms with van der Waals surface area (Å²) in [6.45, 7) is 1.66. The molecular weight excluding hydrogens is 218 g/mol. The van der Waals surface area contributed by atoms with Crippen molar-refractivity contribution in [3.63, 3.8) is 0 Å². The number of hydrogen-bond acceptors (Lipinski definition) is 3. The fourth-order valence-corrected chi connectivity index (χ4v) is 1.91. The number of nitrogens with zero attached hydrogens (tertiary/aromatic N) is 1. The van der Waals surface area contributed by atoms with E-state index in [0.717, 1.165) is 0 Å². The number of fused-ring (bicyclic) bond motifs is 1. The molecule has 0 saturated heterocycles. The number of rotatable bonds is 2. The van der Waals surface area contributed by atoms with Crippen LogP contribution in [-0.2, 0) is 7.05 Å². The number of hydrogen-bond donors (Lipinski definition) is 1. The van der Waals surface area contributed by atoms with Crippen molar-refractivity contribution in [1.82, 2.24) is 4.57 Å². The highest BCUT2D eigenvalue weighted by Gasteiger charge is 2.19. The van der Waals surface area contributed by atoms with Gasteiger partial charge < -0.3 is 9.67 Å². The van der Waals surface area contributed by atoms with E-state index in [4.69, 9.17) is 0 Å². The topological polar surface area (TPSA) is 59.3 Å². The average Bonchev–Trinajstić information content (AvgIpc) is 2.36. The van der Waals surface area contributed by atoms with Crippen molar-refractivity contribution >= 4 is 16.7 Å². The van der Waals surface area contributed by atoms with Gasteiger partial charge in [0.25, 0.3) is 5.56 Å². The standard InChI is InChI=1S/C13H13NO3/c1-3-10(15)11-12(16)8-6-4-5-7-9(8)14(2)13(11)17/h4-7,16H,3H2,1-2H3. The molecule has 17 heavy (non-hydrogen) atoms. The Morgan fingerprint density at radius 3 is 2.65 bits per heavy atom. The van der Waals surface area contributed by atoms with E-state index in [0.29, 0.717) is 10.9 Å². The number of pyridine rings is 1. The Hall–Kier alpha value is -2.10. The maximum atomic E-state index is 12.0. The first-order valence-corrected chi connectivity index (χ1v) is 5.41. The van der Waals surface area contributed by atoms with E-state index in [2.05, 4.69) is 0 Å². The van der Waals surface area contributed by atoms with Crippen LogP contribution in [-0.4, -0.2) is 15.5 Å². The average molecular weight is 231 g/mol. The first-order valence-electron chi connectivity index (χ1n) is 5.41. The van der Waals surface area contributed by atoms with Gasteiger partial charge in [0.15, 0.2) is 5.78 Å². The molecule has 0 aliphatic rings. The predicted molar refractivity (Wildman–Crippen MR) is 65.5 cm³/mol. The van der Waals surface area contributed by atoms with Gasteiger partial charge in [-0.2, -0.15) is 0 Å². The lowest BCUT2D eigenvalue weighted by Gasteiger charge is -2.10. The lowest BCUT2D eigenvalue weighted by molar-refractivity contribution is 0.0984. The molecule has 2 rings (SSSR count). The van der Waals surface area contributed by atoms with E-state index in [-0.39, 0.29) is 23.5 Å². The fraction of sp³-hybridized carbons (Fsp3) is 0.231. The summed E-state index contributed by atoms with van der Waals surface area (Å²) in [5, 5.41) is 10.5. The highest BCUT2D eigenvalue weighted by atomic mass is 16.3. The van der Waals surface area contributed by atoms with Crippen molar-refractivity contribution in [1.29, 1.82) is 0 Å². The SMILES string of the molecule is CCC(=O)c1c(O)c2ccccc2n(C)c1=O. The normalized spacial score (nSPS) is 10.7. The smallest absolute Gasteiger partial charge is 0.265 e. The molecule has 0 aliphatic heterocycles. The zero-order valence-electron chi connectivity index (χ0n) is 9.73. The minimum atomic E-state index is -0.451. The van der Waals surface area contributed by atoms with Crippen LogP contribution in [0.2, 0.25) is 0 Å². The van der Waals surface area contributed by atoms with E-state index in [1.165, 1.54) is 4.57 Å². The Labute approximate surface area is 98.1 Å². The number of carbonyl (C=O) groups is 1. The van der Waals surface area contributed by atoms with Crippen molar-refractivity contribution in [2.75, 3.05) is 0 Å². The number of Topliss-reactive ketones (excluding diaryl/α,β-unsaturated/α-hetero) is 1. The molecule has 0 fully saturated rings. The summed E-state index contributed by atoms with van der Waals surface area (Å²) in [6, 6.07) is 6.96. The predicted octanol–water partition coefficient (Wildman–Crippen LogP) is 1.84. The molecule has 1 N–H and O–H groups in total. The summed E-state index contributed by atoms with van der Waals surface area (Å²) >= 11 is 0. The number of para-hydroxylation sites is 1. The second-order valence-electron chi connectivity index (χ2n) is 3.88. The number of aryl methyl sites for hydroxylation is 1. The van der Waals surface area contributed by atoms with Gasteiger partial charge in [-0.05, 0) is 12.1 Å². The molecule has 88 valence electrons. The summed E-state index contributed by atoms with van der Waals surface area (Å²) in [6.07, 6.45) is 0.196. The van der Waals surface area contributed by atoms with Crippen LogP contribution in [0.1, 0.15) is 23.7 Å². The van der Waals surface area contributed by atoms with Crippen molar-refractivity contribution in [2.45, 2.75) is 13.3 Å². The van der Waals surface area contributed by atoms with Gasteiger partial charge in [-0.25, -0.2) is 0 Å². The quantitative estimate of drug-likeness (QED) is 0.802. The molecule has 1 aromatic heterocycles. The monoisotopic (exact) mass is 231 g/mol. The van der Waals surface area contributed by atoms with Gasteiger partial charge in [0.1, 0.15) is 11.3 Å². The van der Waals surface area contributed by atoms with Crippen LogP contribution in [0.5, 0.6) is 5.75 Å². The summed E-state index contributed by atoms with van der Waals surface area (Å²) in [7, 11) is 1.59. The molecule has 0 saturated carbocycles. The molecule has 4 heteroatoms. The van der Waals surface area contributed by atoms with Crippen LogP contribution in [0.3, 0.4) is 0 Å². The van der Waals surface area contributed by atoms with Gasteiger partial charge in [0.2, 0.25) is 0 Å². The van der Waals surface area contributed by atoms with Crippen molar-refractivity contribution in [3.05, 3.63) is 40.2 Å². The first-order chi connectivity index (χ1) is 8.07. The Bertz CT molecular complexity index is 655. The third-order valence-electron chi connectivity index (χ3n) is 2.88. The van der Waals surface area contributed by atoms with Crippen LogP contribution in [0.25, 0.3) is 10.9 Å². The zero-order chi connectivity index (χ0) is 12.6. The molecule has 4 nitrogen and oxygen atoms in total. The van der Waals surface area contributed by atoms with Crippen molar-refractivity contribution in [3.8, 4) is 5.75 Å². The first kappa shape index (κ1) is 11.4. The van der Waals surface area contributed by atoms with Crippen LogP contribution < -0.4 is 5.56 Å². The number of aromatic nitrogens is 1. The Balaban J connectivity index is 2.97. The van der Waals surface area contributed by atoms with Crippen LogP contribution in [0, 0.1) is 0 Å². The van der Waals surface area contributed by atoms with Gasteiger partial charge in [-0.3, -0.25) is 9.59 Å². The molecule has 1 heterocycles. The molecule has 0 radical (unpaired) electrons. The molecule has 0 spiro atoms. The second-order valence-corrected chi connectivity index (χ2v) is 3.88. The van der Waals surface area contributed by atoms with Gasteiger partial charge in [-0.1, -0.05) is 19.1 Å². The third-order valence-corrected chi connectivity index (χ3v) is 2.88. The molecule has 0 bridgehead atoms. The minimum Gasteiger partial charge on any atom is -0.506 e. The second kappa shape index (κ2) is 4.05. The van der Waals surface area contributed by atoms with Crippen LogP contribution in [0.4, 0.5) is 0 Å². The molecular formula is C13H13NO3. The van der Waals surface area contributed by atoms with E-state index < -0.39 is 5.56 Å². The zero-order valence-corrected chi connectivity index (χ0v) is 9.73. The van der Waals surface area contributed by atoms with E-state index in [1.54, 1.807) is 38.2 Å². The van der Waals surface area contributed by atoms with Gasteiger partial charge in [0.05, 0.1) is 5.52 Å². The Kier molecular flexibility index (Phi) is 2.71. The maximum Gasteiger partial charge on any atom is 0.265 e. The van der Waals surface area contributed by atoms with Gasteiger partial charge in [0, 0.05) is 18.9 Å². The Morgan fingerprint density at radius 1 is 1.35 bits per heavy atom. The fourth-order valence-electron chi connectivity index (χ4n) is 1.91. The highest BCUT2D eigenvalue weighted by Crippen LogP contribution is 2.26. The summed E-state index contributed by atoms with van der Waals surface area (Å²) < 4.78 is 1.39. The highest BCUT2D eigenvalue weighted by molar-refractivity contribution is 6.03. The Morgan fingerprint density at radius 2 is 2.00 bits per heavy atom.